The summed E-state index contributed by atoms with van der Waals surface area (Å²) in [7, 11) is -4.64. The zero-order valence-electron chi connectivity index (χ0n) is 10.7. The summed E-state index contributed by atoms with van der Waals surface area (Å²) in [5, 5.41) is 2.26. The first-order valence-electron chi connectivity index (χ1n) is 5.83. The number of rotatable bonds is 5. The number of nitrogen functional groups attached to an aromatic ring is 1. The molecule has 1 rings (SSSR count). The van der Waals surface area contributed by atoms with Crippen molar-refractivity contribution in [1.82, 2.24) is 10.0 Å². The van der Waals surface area contributed by atoms with Gasteiger partial charge in [-0.3, -0.25) is 0 Å². The lowest BCUT2D eigenvalue weighted by atomic mass is 10.3. The normalized spacial score (nSPS) is 11.2. The Hall–Kier alpha value is -1.90. The standard InChI is InChI=1S/C11H15F2N3O3S/c1-2-3-4-15-11(17)16-20(18,19)10-8(12)5-7(14)6-9(10)13/h5-6H,2-4,14H2,1H3,(H2,15,16,17). The quantitative estimate of drug-likeness (QED) is 0.564. The van der Waals surface area contributed by atoms with Gasteiger partial charge in [-0.1, -0.05) is 13.3 Å². The number of benzene rings is 1. The smallest absolute Gasteiger partial charge is 0.328 e. The van der Waals surface area contributed by atoms with Crippen molar-refractivity contribution in [2.75, 3.05) is 12.3 Å². The van der Waals surface area contributed by atoms with Crippen molar-refractivity contribution < 1.29 is 22.0 Å². The van der Waals surface area contributed by atoms with Crippen molar-refractivity contribution in [3.8, 4) is 0 Å². The van der Waals surface area contributed by atoms with Gasteiger partial charge in [-0.2, -0.15) is 0 Å². The monoisotopic (exact) mass is 307 g/mol. The number of sulfonamides is 1. The van der Waals surface area contributed by atoms with Crippen LogP contribution in [0.5, 0.6) is 0 Å². The average Bonchev–Trinajstić information content (AvgIpc) is 2.26. The summed E-state index contributed by atoms with van der Waals surface area (Å²) in [4.78, 5) is 10.1. The summed E-state index contributed by atoms with van der Waals surface area (Å²) < 4.78 is 52.0. The second-order valence-corrected chi connectivity index (χ2v) is 5.65. The minimum Gasteiger partial charge on any atom is -0.399 e. The summed E-state index contributed by atoms with van der Waals surface area (Å²) in [6.07, 6.45) is 1.45. The Balaban J connectivity index is 2.92. The Labute approximate surface area is 115 Å². The van der Waals surface area contributed by atoms with Gasteiger partial charge in [0.05, 0.1) is 0 Å². The molecule has 0 saturated carbocycles. The fourth-order valence-electron chi connectivity index (χ4n) is 1.42. The van der Waals surface area contributed by atoms with E-state index in [2.05, 4.69) is 5.32 Å². The Morgan fingerprint density at radius 1 is 1.30 bits per heavy atom. The lowest BCUT2D eigenvalue weighted by Gasteiger charge is -2.10. The molecule has 0 fully saturated rings. The van der Waals surface area contributed by atoms with Gasteiger partial charge in [-0.15, -0.1) is 0 Å². The number of carbonyl (C=O) groups is 1. The molecule has 0 atom stereocenters. The van der Waals surface area contributed by atoms with Crippen LogP contribution in [0.2, 0.25) is 0 Å². The van der Waals surface area contributed by atoms with Gasteiger partial charge in [0.1, 0.15) is 11.6 Å². The molecule has 0 aromatic heterocycles. The molecule has 0 aliphatic carbocycles. The number of hydrogen-bond acceptors (Lipinski definition) is 4. The molecule has 6 nitrogen and oxygen atoms in total. The third-order valence-electron chi connectivity index (χ3n) is 2.33. The number of halogens is 2. The van der Waals surface area contributed by atoms with Crippen molar-refractivity contribution in [1.29, 1.82) is 0 Å². The topological polar surface area (TPSA) is 101 Å². The summed E-state index contributed by atoms with van der Waals surface area (Å²) in [5.74, 6) is -2.73. The molecular weight excluding hydrogens is 292 g/mol. The first-order chi connectivity index (χ1) is 9.27. The summed E-state index contributed by atoms with van der Waals surface area (Å²) >= 11 is 0. The van der Waals surface area contributed by atoms with Crippen molar-refractivity contribution in [3.05, 3.63) is 23.8 Å². The Bertz CT molecular complexity index is 582. The first-order valence-corrected chi connectivity index (χ1v) is 7.31. The van der Waals surface area contributed by atoms with Crippen molar-refractivity contribution in [2.45, 2.75) is 24.7 Å². The molecule has 4 N–H and O–H groups in total. The lowest BCUT2D eigenvalue weighted by molar-refractivity contribution is 0.245. The third kappa shape index (κ3) is 4.05. The molecule has 2 amide bonds. The van der Waals surface area contributed by atoms with Crippen LogP contribution in [-0.2, 0) is 10.0 Å². The van der Waals surface area contributed by atoms with E-state index in [4.69, 9.17) is 5.73 Å². The number of amides is 2. The lowest BCUT2D eigenvalue weighted by Crippen LogP contribution is -2.40. The predicted octanol–water partition coefficient (Wildman–Crippen LogP) is 1.34. The van der Waals surface area contributed by atoms with Gasteiger partial charge in [0.25, 0.3) is 10.0 Å². The highest BCUT2D eigenvalue weighted by Crippen LogP contribution is 2.21. The predicted molar refractivity (Wildman–Crippen MR) is 69.4 cm³/mol. The van der Waals surface area contributed by atoms with Crippen molar-refractivity contribution in [3.63, 3.8) is 0 Å². The molecule has 0 spiro atoms. The molecule has 0 saturated heterocycles. The van der Waals surface area contributed by atoms with Crippen molar-refractivity contribution in [2.24, 2.45) is 0 Å². The molecule has 20 heavy (non-hydrogen) atoms. The maximum atomic E-state index is 13.5. The average molecular weight is 307 g/mol. The highest BCUT2D eigenvalue weighted by molar-refractivity contribution is 7.90. The van der Waals surface area contributed by atoms with Crippen LogP contribution in [0.1, 0.15) is 19.8 Å². The molecule has 0 aliphatic heterocycles. The molecule has 0 unspecified atom stereocenters. The van der Waals surface area contributed by atoms with Crippen LogP contribution in [-0.4, -0.2) is 21.0 Å². The zero-order valence-corrected chi connectivity index (χ0v) is 11.6. The number of hydrogen-bond donors (Lipinski definition) is 3. The van der Waals surface area contributed by atoms with Gasteiger partial charge in [0.15, 0.2) is 4.90 Å². The Morgan fingerprint density at radius 3 is 2.35 bits per heavy atom. The maximum Gasteiger partial charge on any atom is 0.328 e. The van der Waals surface area contributed by atoms with Crippen LogP contribution in [0.3, 0.4) is 0 Å². The number of anilines is 1. The molecule has 1 aromatic carbocycles. The van der Waals surface area contributed by atoms with Gasteiger partial charge < -0.3 is 11.1 Å². The summed E-state index contributed by atoms with van der Waals surface area (Å²) in [5.41, 5.74) is 4.92. The number of nitrogens with two attached hydrogens (primary N) is 1. The van der Waals surface area contributed by atoms with Gasteiger partial charge in [0, 0.05) is 12.2 Å². The molecule has 0 bridgehead atoms. The van der Waals surface area contributed by atoms with E-state index in [1.54, 1.807) is 0 Å². The van der Waals surface area contributed by atoms with Gasteiger partial charge in [-0.25, -0.2) is 26.7 Å². The Kier molecular flexibility index (Phi) is 5.26. The van der Waals surface area contributed by atoms with Crippen LogP contribution >= 0.6 is 0 Å². The Morgan fingerprint density at radius 2 is 1.85 bits per heavy atom. The van der Waals surface area contributed by atoms with Gasteiger partial charge in [-0.05, 0) is 18.6 Å². The number of carbonyl (C=O) groups excluding carboxylic acids is 1. The minimum absolute atomic E-state index is 0.255. The van der Waals surface area contributed by atoms with E-state index in [0.717, 1.165) is 6.42 Å². The maximum absolute atomic E-state index is 13.5. The molecule has 9 heteroatoms. The number of urea groups is 1. The van der Waals surface area contributed by atoms with Crippen molar-refractivity contribution >= 4 is 21.7 Å². The van der Waals surface area contributed by atoms with E-state index in [1.807, 2.05) is 6.92 Å². The zero-order chi connectivity index (χ0) is 15.3. The highest BCUT2D eigenvalue weighted by atomic mass is 32.2. The van der Waals surface area contributed by atoms with Crippen LogP contribution in [0.15, 0.2) is 17.0 Å². The van der Waals surface area contributed by atoms with Gasteiger partial charge in [0.2, 0.25) is 0 Å². The van der Waals surface area contributed by atoms with E-state index in [0.29, 0.717) is 18.6 Å². The minimum atomic E-state index is -4.64. The fourth-order valence-corrected chi connectivity index (χ4v) is 2.47. The first kappa shape index (κ1) is 16.2. The van der Waals surface area contributed by atoms with Crippen LogP contribution in [0.25, 0.3) is 0 Å². The SMILES string of the molecule is CCCCNC(=O)NS(=O)(=O)c1c(F)cc(N)cc1F. The number of nitrogens with one attached hydrogen (secondary N) is 2. The van der Waals surface area contributed by atoms with Gasteiger partial charge >= 0.3 is 6.03 Å². The molecule has 0 aliphatic rings. The van der Waals surface area contributed by atoms with E-state index in [1.165, 1.54) is 4.72 Å². The highest BCUT2D eigenvalue weighted by Gasteiger charge is 2.26. The van der Waals surface area contributed by atoms with E-state index in [-0.39, 0.29) is 12.2 Å². The number of unbranched alkanes of at least 4 members (excludes halogenated alkanes) is 1. The van der Waals surface area contributed by atoms with Crippen LogP contribution in [0, 0.1) is 11.6 Å². The van der Waals surface area contributed by atoms with E-state index >= 15 is 0 Å². The molecule has 112 valence electrons. The molecule has 0 heterocycles. The van der Waals surface area contributed by atoms with Crippen LogP contribution < -0.4 is 15.8 Å². The van der Waals surface area contributed by atoms with E-state index < -0.39 is 32.6 Å². The fraction of sp³-hybridized carbons (Fsp3) is 0.364. The molecular formula is C11H15F2N3O3S. The van der Waals surface area contributed by atoms with Crippen LogP contribution in [0.4, 0.5) is 19.3 Å². The largest absolute Gasteiger partial charge is 0.399 e. The second-order valence-electron chi connectivity index (χ2n) is 4.03. The summed E-state index contributed by atoms with van der Waals surface area (Å²) in [6, 6.07) is 0.272. The second kappa shape index (κ2) is 6.51. The third-order valence-corrected chi connectivity index (χ3v) is 3.71. The summed E-state index contributed by atoms with van der Waals surface area (Å²) in [6.45, 7) is 2.14. The van der Waals surface area contributed by atoms with E-state index in [9.17, 15) is 22.0 Å². The molecule has 1 aromatic rings. The molecule has 0 radical (unpaired) electrons.